The molecule has 0 aromatic heterocycles. The number of aliphatic hydroxyl groups is 1. The van der Waals surface area contributed by atoms with Crippen molar-refractivity contribution in [3.8, 4) is 11.8 Å². The summed E-state index contributed by atoms with van der Waals surface area (Å²) in [7, 11) is 0. The summed E-state index contributed by atoms with van der Waals surface area (Å²) >= 11 is 0. The van der Waals surface area contributed by atoms with Crippen molar-refractivity contribution in [2.75, 3.05) is 18.9 Å². The van der Waals surface area contributed by atoms with Crippen LogP contribution in [0.5, 0.6) is 0 Å². The third kappa shape index (κ3) is 3.23. The standard InChI is InChI=1S/C13H15NO3/c1-3-17-13(16)11-7-10(5-4-6-15)8-12(14)9(11)2/h7-8,15H,3,6,14H2,1-2H3. The summed E-state index contributed by atoms with van der Waals surface area (Å²) in [5, 5.41) is 8.62. The van der Waals surface area contributed by atoms with Crippen LogP contribution in [0.4, 0.5) is 5.69 Å². The Bertz CT molecular complexity index is 483. The minimum Gasteiger partial charge on any atom is -0.462 e. The normalized spacial score (nSPS) is 9.35. The van der Waals surface area contributed by atoms with E-state index in [1.807, 2.05) is 0 Å². The number of anilines is 1. The third-order valence-corrected chi connectivity index (χ3v) is 2.25. The van der Waals surface area contributed by atoms with Gasteiger partial charge in [0.05, 0.1) is 12.2 Å². The van der Waals surface area contributed by atoms with Crippen molar-refractivity contribution in [3.63, 3.8) is 0 Å². The second-order valence-electron chi connectivity index (χ2n) is 3.42. The molecule has 1 rings (SSSR count). The van der Waals surface area contributed by atoms with Gasteiger partial charge in [-0.25, -0.2) is 4.79 Å². The van der Waals surface area contributed by atoms with Crippen LogP contribution in [0.2, 0.25) is 0 Å². The van der Waals surface area contributed by atoms with Crippen LogP contribution in [0.1, 0.15) is 28.4 Å². The second-order valence-corrected chi connectivity index (χ2v) is 3.42. The van der Waals surface area contributed by atoms with Gasteiger partial charge in [-0.2, -0.15) is 0 Å². The average molecular weight is 233 g/mol. The molecule has 4 nitrogen and oxygen atoms in total. The number of carbonyl (C=O) groups is 1. The topological polar surface area (TPSA) is 72.5 Å². The van der Waals surface area contributed by atoms with Crippen LogP contribution in [0.3, 0.4) is 0 Å². The van der Waals surface area contributed by atoms with Crippen LogP contribution in [0.25, 0.3) is 0 Å². The SMILES string of the molecule is CCOC(=O)c1cc(C#CCO)cc(N)c1C. The van der Waals surface area contributed by atoms with E-state index in [0.717, 1.165) is 0 Å². The molecule has 90 valence electrons. The van der Waals surface area contributed by atoms with E-state index in [4.69, 9.17) is 15.6 Å². The number of ether oxygens (including phenoxy) is 1. The zero-order valence-corrected chi connectivity index (χ0v) is 9.91. The number of nitrogens with two attached hydrogens (primary N) is 1. The quantitative estimate of drug-likeness (QED) is 0.456. The van der Waals surface area contributed by atoms with Gasteiger partial charge >= 0.3 is 5.97 Å². The summed E-state index contributed by atoms with van der Waals surface area (Å²) < 4.78 is 4.93. The number of aliphatic hydroxyl groups excluding tert-OH is 1. The fourth-order valence-electron chi connectivity index (χ4n) is 1.37. The first kappa shape index (κ1) is 13.1. The predicted octanol–water partition coefficient (Wildman–Crippen LogP) is 1.10. The molecule has 0 saturated heterocycles. The average Bonchev–Trinajstić information content (AvgIpc) is 2.30. The Morgan fingerprint density at radius 3 is 2.82 bits per heavy atom. The van der Waals surface area contributed by atoms with Gasteiger partial charge in [0.2, 0.25) is 0 Å². The molecule has 0 atom stereocenters. The van der Waals surface area contributed by atoms with E-state index in [2.05, 4.69) is 11.8 Å². The van der Waals surface area contributed by atoms with Crippen molar-refractivity contribution in [1.29, 1.82) is 0 Å². The van der Waals surface area contributed by atoms with Crippen molar-refractivity contribution in [2.45, 2.75) is 13.8 Å². The van der Waals surface area contributed by atoms with Gasteiger partial charge in [0.25, 0.3) is 0 Å². The van der Waals surface area contributed by atoms with Gasteiger partial charge < -0.3 is 15.6 Å². The molecule has 0 spiro atoms. The van der Waals surface area contributed by atoms with Crippen LogP contribution in [0.15, 0.2) is 12.1 Å². The highest BCUT2D eigenvalue weighted by molar-refractivity contribution is 5.93. The summed E-state index contributed by atoms with van der Waals surface area (Å²) in [6, 6.07) is 3.28. The highest BCUT2D eigenvalue weighted by Crippen LogP contribution is 2.19. The summed E-state index contributed by atoms with van der Waals surface area (Å²) in [6.45, 7) is 3.57. The Hall–Kier alpha value is -1.99. The van der Waals surface area contributed by atoms with E-state index in [1.165, 1.54) is 0 Å². The molecule has 1 aromatic rings. The fraction of sp³-hybridized carbons (Fsp3) is 0.308. The molecule has 0 amide bonds. The molecule has 0 heterocycles. The zero-order chi connectivity index (χ0) is 12.8. The molecule has 0 saturated carbocycles. The van der Waals surface area contributed by atoms with Gasteiger partial charge in [0.1, 0.15) is 6.61 Å². The van der Waals surface area contributed by atoms with E-state index in [9.17, 15) is 4.79 Å². The highest BCUT2D eigenvalue weighted by Gasteiger charge is 2.12. The molecule has 0 fully saturated rings. The van der Waals surface area contributed by atoms with Crippen LogP contribution < -0.4 is 5.73 Å². The summed E-state index contributed by atoms with van der Waals surface area (Å²) in [5.74, 6) is 4.81. The largest absolute Gasteiger partial charge is 0.462 e. The molecular formula is C13H15NO3. The van der Waals surface area contributed by atoms with Crippen molar-refractivity contribution < 1.29 is 14.6 Å². The molecule has 0 radical (unpaired) electrons. The smallest absolute Gasteiger partial charge is 0.338 e. The number of hydrogen-bond acceptors (Lipinski definition) is 4. The Labute approximate surface area is 100 Å². The zero-order valence-electron chi connectivity index (χ0n) is 9.91. The molecule has 1 aromatic carbocycles. The van der Waals surface area contributed by atoms with Crippen molar-refractivity contribution in [2.24, 2.45) is 0 Å². The number of rotatable bonds is 2. The van der Waals surface area contributed by atoms with Gasteiger partial charge in [0, 0.05) is 11.3 Å². The van der Waals surface area contributed by atoms with Gasteiger partial charge in [-0.1, -0.05) is 11.8 Å². The van der Waals surface area contributed by atoms with Crippen molar-refractivity contribution in [1.82, 2.24) is 0 Å². The maximum absolute atomic E-state index is 11.7. The minimum atomic E-state index is -0.413. The van der Waals surface area contributed by atoms with Gasteiger partial charge in [0.15, 0.2) is 0 Å². The first-order chi connectivity index (χ1) is 8.10. The molecule has 0 aliphatic carbocycles. The van der Waals surface area contributed by atoms with E-state index in [0.29, 0.717) is 29.0 Å². The van der Waals surface area contributed by atoms with E-state index in [1.54, 1.807) is 26.0 Å². The van der Waals surface area contributed by atoms with E-state index >= 15 is 0 Å². The second kappa shape index (κ2) is 5.92. The number of hydrogen-bond donors (Lipinski definition) is 2. The van der Waals surface area contributed by atoms with Crippen LogP contribution in [-0.2, 0) is 4.74 Å². The molecule has 0 unspecified atom stereocenters. The molecule has 3 N–H and O–H groups in total. The lowest BCUT2D eigenvalue weighted by Crippen LogP contribution is -2.08. The van der Waals surface area contributed by atoms with Crippen LogP contribution in [-0.4, -0.2) is 24.3 Å². The van der Waals surface area contributed by atoms with Gasteiger partial charge in [-0.3, -0.25) is 0 Å². The molecular weight excluding hydrogens is 218 g/mol. The summed E-state index contributed by atoms with van der Waals surface area (Å²) in [6.07, 6.45) is 0. The molecule has 0 aliphatic rings. The third-order valence-electron chi connectivity index (χ3n) is 2.25. The molecule has 0 aliphatic heterocycles. The lowest BCUT2D eigenvalue weighted by atomic mass is 10.0. The van der Waals surface area contributed by atoms with Gasteiger partial charge in [-0.05, 0) is 31.5 Å². The van der Waals surface area contributed by atoms with E-state index < -0.39 is 5.97 Å². The predicted molar refractivity (Wildman–Crippen MR) is 65.5 cm³/mol. The highest BCUT2D eigenvalue weighted by atomic mass is 16.5. The number of nitrogen functional groups attached to an aromatic ring is 1. The first-order valence-corrected chi connectivity index (χ1v) is 5.27. The summed E-state index contributed by atoms with van der Waals surface area (Å²) in [5.41, 5.74) is 7.95. The molecule has 0 bridgehead atoms. The number of benzene rings is 1. The van der Waals surface area contributed by atoms with Gasteiger partial charge in [-0.15, -0.1) is 0 Å². The Balaban J connectivity index is 3.20. The maximum Gasteiger partial charge on any atom is 0.338 e. The first-order valence-electron chi connectivity index (χ1n) is 5.27. The number of carbonyl (C=O) groups excluding carboxylic acids is 1. The van der Waals surface area contributed by atoms with Crippen LogP contribution >= 0.6 is 0 Å². The Morgan fingerprint density at radius 1 is 1.53 bits per heavy atom. The lowest BCUT2D eigenvalue weighted by molar-refractivity contribution is 0.0525. The van der Waals surface area contributed by atoms with Crippen LogP contribution in [0, 0.1) is 18.8 Å². The lowest BCUT2D eigenvalue weighted by Gasteiger charge is -2.08. The molecule has 4 heteroatoms. The Kier molecular flexibility index (Phi) is 4.56. The van der Waals surface area contributed by atoms with E-state index in [-0.39, 0.29) is 6.61 Å². The van der Waals surface area contributed by atoms with Crippen molar-refractivity contribution >= 4 is 11.7 Å². The number of esters is 1. The fourth-order valence-corrected chi connectivity index (χ4v) is 1.37. The minimum absolute atomic E-state index is 0.234. The molecule has 17 heavy (non-hydrogen) atoms. The monoisotopic (exact) mass is 233 g/mol. The van der Waals surface area contributed by atoms with Crippen molar-refractivity contribution in [3.05, 3.63) is 28.8 Å². The maximum atomic E-state index is 11.7. The Morgan fingerprint density at radius 2 is 2.24 bits per heavy atom. The summed E-state index contributed by atoms with van der Waals surface area (Å²) in [4.78, 5) is 11.7.